The highest BCUT2D eigenvalue weighted by molar-refractivity contribution is 5.39. The van der Waals surface area contributed by atoms with Crippen molar-refractivity contribution in [3.63, 3.8) is 0 Å². The van der Waals surface area contributed by atoms with Crippen LogP contribution in [0.3, 0.4) is 0 Å². The molecular formula is C10H15N2. The summed E-state index contributed by atoms with van der Waals surface area (Å²) in [7, 11) is 0. The van der Waals surface area contributed by atoms with Crippen molar-refractivity contribution in [2.75, 3.05) is 5.32 Å². The molecule has 2 heteroatoms. The lowest BCUT2D eigenvalue weighted by Crippen LogP contribution is -2.14. The molecular weight excluding hydrogens is 148 g/mol. The van der Waals surface area contributed by atoms with Crippen LogP contribution >= 0.6 is 0 Å². The van der Waals surface area contributed by atoms with E-state index in [-0.39, 0.29) is 0 Å². The van der Waals surface area contributed by atoms with E-state index in [0.717, 1.165) is 5.69 Å². The van der Waals surface area contributed by atoms with Gasteiger partial charge in [-0.1, -0.05) is 13.3 Å². The first-order valence-corrected chi connectivity index (χ1v) is 4.42. The zero-order chi connectivity index (χ0) is 8.81. The molecule has 0 aromatic carbocycles. The summed E-state index contributed by atoms with van der Waals surface area (Å²) in [4.78, 5) is 3.91. The maximum atomic E-state index is 3.91. The largest absolute Gasteiger partial charge is 0.381 e. The molecule has 1 rings (SSSR count). The normalized spacial score (nSPS) is 12.5. The average molecular weight is 163 g/mol. The number of aromatic nitrogens is 1. The maximum absolute atomic E-state index is 3.91. The van der Waals surface area contributed by atoms with E-state index in [1.165, 1.54) is 12.8 Å². The van der Waals surface area contributed by atoms with Crippen molar-refractivity contribution in [1.82, 2.24) is 4.98 Å². The van der Waals surface area contributed by atoms with Gasteiger partial charge in [-0.2, -0.15) is 0 Å². The second-order valence-corrected chi connectivity index (χ2v) is 3.00. The lowest BCUT2D eigenvalue weighted by atomic mass is 10.2. The molecule has 0 bridgehead atoms. The van der Waals surface area contributed by atoms with Gasteiger partial charge < -0.3 is 5.32 Å². The molecule has 0 spiro atoms. The van der Waals surface area contributed by atoms with E-state index in [9.17, 15) is 0 Å². The van der Waals surface area contributed by atoms with E-state index in [2.05, 4.69) is 30.3 Å². The lowest BCUT2D eigenvalue weighted by Gasteiger charge is -2.12. The maximum Gasteiger partial charge on any atom is 0.114 e. The number of nitrogens with one attached hydrogen (secondary N) is 1. The highest BCUT2D eigenvalue weighted by Crippen LogP contribution is 2.06. The molecule has 65 valence electrons. The van der Waals surface area contributed by atoms with Crippen molar-refractivity contribution in [3.8, 4) is 0 Å². The summed E-state index contributed by atoms with van der Waals surface area (Å²) in [5, 5.41) is 3.32. The van der Waals surface area contributed by atoms with Crippen molar-refractivity contribution in [1.29, 1.82) is 0 Å². The van der Waals surface area contributed by atoms with Gasteiger partial charge >= 0.3 is 0 Å². The molecule has 2 nitrogen and oxygen atoms in total. The number of anilines is 1. The fourth-order valence-electron chi connectivity index (χ4n) is 1.18. The Bertz CT molecular complexity index is 208. The predicted molar refractivity (Wildman–Crippen MR) is 51.1 cm³/mol. The van der Waals surface area contributed by atoms with Crippen LogP contribution in [0.1, 0.15) is 26.7 Å². The van der Waals surface area contributed by atoms with Gasteiger partial charge in [-0.05, 0) is 25.5 Å². The van der Waals surface area contributed by atoms with Crippen LogP contribution in [-0.2, 0) is 0 Å². The van der Waals surface area contributed by atoms with Gasteiger partial charge in [0, 0.05) is 12.2 Å². The summed E-state index contributed by atoms with van der Waals surface area (Å²) in [5.41, 5.74) is 0.985. The second kappa shape index (κ2) is 4.75. The molecule has 0 amide bonds. The number of nitrogens with zero attached hydrogens (tertiary/aromatic N) is 1. The Morgan fingerprint density at radius 2 is 2.50 bits per heavy atom. The smallest absolute Gasteiger partial charge is 0.114 e. The molecule has 0 aliphatic carbocycles. The number of rotatable bonds is 4. The SMILES string of the molecule is CCCC(C)Nc1[c]nccc1. The second-order valence-electron chi connectivity index (χ2n) is 3.00. The van der Waals surface area contributed by atoms with Gasteiger partial charge in [0.1, 0.15) is 6.20 Å². The Labute approximate surface area is 74.0 Å². The third-order valence-corrected chi connectivity index (χ3v) is 1.73. The Morgan fingerprint density at radius 1 is 1.67 bits per heavy atom. The zero-order valence-corrected chi connectivity index (χ0v) is 7.67. The van der Waals surface area contributed by atoms with Gasteiger partial charge in [-0.15, -0.1) is 0 Å². The molecule has 0 aliphatic heterocycles. The van der Waals surface area contributed by atoms with E-state index in [1.807, 2.05) is 12.1 Å². The predicted octanol–water partition coefficient (Wildman–Crippen LogP) is 2.48. The number of pyridine rings is 1. The number of hydrogen-bond donors (Lipinski definition) is 1. The Morgan fingerprint density at radius 3 is 3.08 bits per heavy atom. The highest BCUT2D eigenvalue weighted by Gasteiger charge is 1.99. The first-order chi connectivity index (χ1) is 5.83. The van der Waals surface area contributed by atoms with E-state index < -0.39 is 0 Å². The quantitative estimate of drug-likeness (QED) is 0.737. The summed E-state index contributed by atoms with van der Waals surface area (Å²) in [6.45, 7) is 4.36. The van der Waals surface area contributed by atoms with E-state index >= 15 is 0 Å². The summed E-state index contributed by atoms with van der Waals surface area (Å²) in [6.07, 6.45) is 7.01. The van der Waals surface area contributed by atoms with Gasteiger partial charge in [0.2, 0.25) is 0 Å². The van der Waals surface area contributed by atoms with Crippen molar-refractivity contribution in [2.45, 2.75) is 32.7 Å². The third-order valence-electron chi connectivity index (χ3n) is 1.73. The molecule has 1 aromatic rings. The van der Waals surface area contributed by atoms with Crippen LogP contribution in [0.2, 0.25) is 0 Å². The molecule has 1 aromatic heterocycles. The fourth-order valence-corrected chi connectivity index (χ4v) is 1.18. The van der Waals surface area contributed by atoms with Crippen LogP contribution in [0, 0.1) is 6.20 Å². The standard InChI is InChI=1S/C10H15N2/c1-3-5-9(2)12-10-6-4-7-11-8-10/h4,6-7,9,12H,3,5H2,1-2H3. The summed E-state index contributed by atoms with van der Waals surface area (Å²) >= 11 is 0. The van der Waals surface area contributed by atoms with Crippen LogP contribution in [0.15, 0.2) is 18.3 Å². The van der Waals surface area contributed by atoms with E-state index in [1.54, 1.807) is 6.20 Å². The van der Waals surface area contributed by atoms with Crippen LogP contribution < -0.4 is 5.32 Å². The fraction of sp³-hybridized carbons (Fsp3) is 0.500. The average Bonchev–Trinajstić information content (AvgIpc) is 2.06. The molecule has 0 saturated carbocycles. The van der Waals surface area contributed by atoms with Gasteiger partial charge in [-0.25, -0.2) is 0 Å². The molecule has 1 N–H and O–H groups in total. The summed E-state index contributed by atoms with van der Waals surface area (Å²) < 4.78 is 0. The van der Waals surface area contributed by atoms with Crippen LogP contribution in [-0.4, -0.2) is 11.0 Å². The van der Waals surface area contributed by atoms with E-state index in [0.29, 0.717) is 6.04 Å². The minimum atomic E-state index is 0.510. The summed E-state index contributed by atoms with van der Waals surface area (Å²) in [6, 6.07) is 4.41. The van der Waals surface area contributed by atoms with Crippen molar-refractivity contribution in [2.24, 2.45) is 0 Å². The molecule has 12 heavy (non-hydrogen) atoms. The molecule has 1 unspecified atom stereocenters. The van der Waals surface area contributed by atoms with Crippen molar-refractivity contribution >= 4 is 5.69 Å². The minimum absolute atomic E-state index is 0.510. The first kappa shape index (κ1) is 9.04. The molecule has 0 saturated heterocycles. The Balaban J connectivity index is 2.41. The molecule has 0 aliphatic rings. The van der Waals surface area contributed by atoms with Gasteiger partial charge in [0.25, 0.3) is 0 Å². The monoisotopic (exact) mass is 163 g/mol. The lowest BCUT2D eigenvalue weighted by molar-refractivity contribution is 0.690. The van der Waals surface area contributed by atoms with Gasteiger partial charge in [0.15, 0.2) is 0 Å². The highest BCUT2D eigenvalue weighted by atomic mass is 14.9. The third kappa shape index (κ3) is 2.91. The molecule has 1 heterocycles. The van der Waals surface area contributed by atoms with Gasteiger partial charge in [-0.3, -0.25) is 4.98 Å². The first-order valence-electron chi connectivity index (χ1n) is 4.42. The van der Waals surface area contributed by atoms with E-state index in [4.69, 9.17) is 0 Å². The van der Waals surface area contributed by atoms with Crippen molar-refractivity contribution < 1.29 is 0 Å². The topological polar surface area (TPSA) is 24.9 Å². The van der Waals surface area contributed by atoms with Crippen LogP contribution in [0.5, 0.6) is 0 Å². The zero-order valence-electron chi connectivity index (χ0n) is 7.67. The number of hydrogen-bond acceptors (Lipinski definition) is 2. The minimum Gasteiger partial charge on any atom is -0.381 e. The Kier molecular flexibility index (Phi) is 3.58. The summed E-state index contributed by atoms with van der Waals surface area (Å²) in [5.74, 6) is 0. The van der Waals surface area contributed by atoms with Gasteiger partial charge in [0.05, 0.1) is 5.69 Å². The van der Waals surface area contributed by atoms with Crippen LogP contribution in [0.4, 0.5) is 5.69 Å². The molecule has 1 radical (unpaired) electrons. The molecule has 1 atom stereocenters. The van der Waals surface area contributed by atoms with Crippen molar-refractivity contribution in [3.05, 3.63) is 24.5 Å². The Hall–Kier alpha value is -1.05. The molecule has 0 fully saturated rings. The van der Waals surface area contributed by atoms with Crippen LogP contribution in [0.25, 0.3) is 0 Å².